The highest BCUT2D eigenvalue weighted by atomic mass is 32.2. The summed E-state index contributed by atoms with van der Waals surface area (Å²) in [5.74, 6) is -0.0717. The Morgan fingerprint density at radius 2 is 2.14 bits per heavy atom. The average molecular weight is 219 g/mol. The number of nitrogens with zero attached hydrogens (tertiary/aromatic N) is 2. The summed E-state index contributed by atoms with van der Waals surface area (Å²) in [5, 5.41) is 0. The van der Waals surface area contributed by atoms with Gasteiger partial charge in [0.15, 0.2) is 0 Å². The Labute approximate surface area is 82.2 Å². The molecule has 6 nitrogen and oxygen atoms in total. The lowest BCUT2D eigenvalue weighted by atomic mass is 10.7. The Bertz CT molecular complexity index is 443. The molecule has 80 valence electrons. The number of hydrogen-bond acceptors (Lipinski definition) is 3. The molecule has 1 rings (SSSR count). The van der Waals surface area contributed by atoms with Gasteiger partial charge in [0.2, 0.25) is 10.0 Å². The zero-order valence-corrected chi connectivity index (χ0v) is 8.91. The Morgan fingerprint density at radius 1 is 1.50 bits per heavy atom. The molecule has 0 bridgehead atoms. The van der Waals surface area contributed by atoms with E-state index < -0.39 is 10.0 Å². The molecule has 0 saturated carbocycles. The first-order chi connectivity index (χ1) is 6.43. The predicted molar refractivity (Wildman–Crippen MR) is 52.5 cm³/mol. The van der Waals surface area contributed by atoms with Crippen LogP contribution in [0.15, 0.2) is 17.2 Å². The summed E-state index contributed by atoms with van der Waals surface area (Å²) >= 11 is 0. The Kier molecular flexibility index (Phi) is 3.12. The highest BCUT2D eigenvalue weighted by Crippen LogP contribution is 1.94. The molecule has 7 heteroatoms. The zero-order chi connectivity index (χ0) is 10.8. The molecule has 1 aromatic rings. The maximum absolute atomic E-state index is 11.3. The van der Waals surface area contributed by atoms with E-state index in [1.807, 2.05) is 0 Å². The molecule has 1 N–H and O–H groups in total. The third kappa shape index (κ3) is 2.46. The van der Waals surface area contributed by atoms with Gasteiger partial charge in [0.1, 0.15) is 0 Å². The van der Waals surface area contributed by atoms with Gasteiger partial charge in [0.05, 0.1) is 5.75 Å². The third-order valence-electron chi connectivity index (χ3n) is 1.87. The maximum Gasteiger partial charge on any atom is 0.325 e. The average Bonchev–Trinajstić information content (AvgIpc) is 2.47. The van der Waals surface area contributed by atoms with Crippen LogP contribution in [0.2, 0.25) is 0 Å². The normalized spacial score (nSPS) is 12.2. The van der Waals surface area contributed by atoms with Crippen LogP contribution in [0.25, 0.3) is 0 Å². The van der Waals surface area contributed by atoms with E-state index in [4.69, 9.17) is 0 Å². The van der Waals surface area contributed by atoms with Crippen molar-refractivity contribution in [1.82, 2.24) is 13.9 Å². The number of aromatic amines is 1. The number of aryl methyl sites for hydroxylation is 1. The number of rotatable bonds is 4. The summed E-state index contributed by atoms with van der Waals surface area (Å²) < 4.78 is 25.1. The van der Waals surface area contributed by atoms with Gasteiger partial charge in [-0.15, -0.1) is 0 Å². The molecule has 0 aromatic carbocycles. The number of hydrogen-bond donors (Lipinski definition) is 1. The SMILES string of the molecule is CN(C)S(=O)(=O)CCn1cc[nH]c1=O. The van der Waals surface area contributed by atoms with Crippen LogP contribution in [0.5, 0.6) is 0 Å². The van der Waals surface area contributed by atoms with E-state index >= 15 is 0 Å². The zero-order valence-electron chi connectivity index (χ0n) is 8.10. The first-order valence-corrected chi connectivity index (χ1v) is 5.68. The van der Waals surface area contributed by atoms with Gasteiger partial charge in [-0.1, -0.05) is 0 Å². The molecule has 0 aliphatic heterocycles. The Morgan fingerprint density at radius 3 is 2.57 bits per heavy atom. The summed E-state index contributed by atoms with van der Waals surface area (Å²) in [6.45, 7) is 0.169. The van der Waals surface area contributed by atoms with Crippen LogP contribution >= 0.6 is 0 Å². The van der Waals surface area contributed by atoms with Crippen molar-refractivity contribution in [3.63, 3.8) is 0 Å². The second-order valence-corrected chi connectivity index (χ2v) is 5.36. The quantitative estimate of drug-likeness (QED) is 0.710. The van der Waals surface area contributed by atoms with Gasteiger partial charge in [-0.2, -0.15) is 0 Å². The van der Waals surface area contributed by atoms with E-state index in [2.05, 4.69) is 4.98 Å². The van der Waals surface area contributed by atoms with Crippen molar-refractivity contribution in [2.75, 3.05) is 19.8 Å². The fourth-order valence-electron chi connectivity index (χ4n) is 0.922. The standard InChI is InChI=1S/C7H13N3O3S/c1-9(2)14(12,13)6-5-10-4-3-8-7(10)11/h3-4H,5-6H2,1-2H3,(H,8,11). The van der Waals surface area contributed by atoms with Crippen LogP contribution in [-0.2, 0) is 16.6 Å². The van der Waals surface area contributed by atoms with E-state index in [1.54, 1.807) is 0 Å². The predicted octanol–water partition coefficient (Wildman–Crippen LogP) is -0.932. The Balaban J connectivity index is 2.67. The summed E-state index contributed by atoms with van der Waals surface area (Å²) in [7, 11) is -0.296. The maximum atomic E-state index is 11.3. The van der Waals surface area contributed by atoms with Crippen LogP contribution in [0.4, 0.5) is 0 Å². The van der Waals surface area contributed by atoms with Gasteiger partial charge in [-0.3, -0.25) is 4.57 Å². The van der Waals surface area contributed by atoms with Gasteiger partial charge in [0.25, 0.3) is 0 Å². The fraction of sp³-hybridized carbons (Fsp3) is 0.571. The molecule has 0 aliphatic carbocycles. The topological polar surface area (TPSA) is 75.2 Å². The summed E-state index contributed by atoms with van der Waals surface area (Å²) in [4.78, 5) is 13.4. The fourth-order valence-corrected chi connectivity index (χ4v) is 1.71. The molecule has 1 heterocycles. The molecular weight excluding hydrogens is 206 g/mol. The second kappa shape index (κ2) is 3.97. The number of aromatic nitrogens is 2. The van der Waals surface area contributed by atoms with Crippen molar-refractivity contribution in [2.45, 2.75) is 6.54 Å². The molecule has 0 amide bonds. The van der Waals surface area contributed by atoms with Gasteiger partial charge in [0, 0.05) is 33.0 Å². The van der Waals surface area contributed by atoms with Gasteiger partial charge >= 0.3 is 5.69 Å². The van der Waals surface area contributed by atoms with Crippen molar-refractivity contribution in [2.24, 2.45) is 0 Å². The van der Waals surface area contributed by atoms with E-state index in [0.29, 0.717) is 0 Å². The Hall–Kier alpha value is -1.08. The molecule has 0 aliphatic rings. The highest BCUT2D eigenvalue weighted by molar-refractivity contribution is 7.89. The summed E-state index contributed by atoms with van der Waals surface area (Å²) in [6.07, 6.45) is 3.00. The van der Waals surface area contributed by atoms with Crippen LogP contribution in [0, 0.1) is 0 Å². The molecule has 0 atom stereocenters. The van der Waals surface area contributed by atoms with Crippen molar-refractivity contribution in [3.05, 3.63) is 22.9 Å². The van der Waals surface area contributed by atoms with Crippen LogP contribution in [-0.4, -0.2) is 42.1 Å². The molecule has 0 spiro atoms. The van der Waals surface area contributed by atoms with Crippen molar-refractivity contribution < 1.29 is 8.42 Å². The van der Waals surface area contributed by atoms with Gasteiger partial charge < -0.3 is 4.98 Å². The molecule has 1 aromatic heterocycles. The number of nitrogens with one attached hydrogen (secondary N) is 1. The smallest absolute Gasteiger partial charge is 0.313 e. The number of imidazole rings is 1. The van der Waals surface area contributed by atoms with E-state index in [-0.39, 0.29) is 18.0 Å². The van der Waals surface area contributed by atoms with Crippen LogP contribution in [0.1, 0.15) is 0 Å². The third-order valence-corrected chi connectivity index (χ3v) is 3.68. The van der Waals surface area contributed by atoms with E-state index in [9.17, 15) is 13.2 Å². The molecule has 0 saturated heterocycles. The van der Waals surface area contributed by atoms with Crippen molar-refractivity contribution in [1.29, 1.82) is 0 Å². The lowest BCUT2D eigenvalue weighted by molar-refractivity contribution is 0.514. The van der Waals surface area contributed by atoms with Crippen molar-refractivity contribution in [3.8, 4) is 0 Å². The molecule has 0 fully saturated rings. The lowest BCUT2D eigenvalue weighted by Crippen LogP contribution is -2.29. The molecule has 0 unspecified atom stereocenters. The highest BCUT2D eigenvalue weighted by Gasteiger charge is 2.13. The summed E-state index contributed by atoms with van der Waals surface area (Å²) in [6, 6.07) is 0. The van der Waals surface area contributed by atoms with Crippen LogP contribution in [0.3, 0.4) is 0 Å². The van der Waals surface area contributed by atoms with Gasteiger partial charge in [-0.05, 0) is 0 Å². The number of sulfonamides is 1. The van der Waals surface area contributed by atoms with E-state index in [0.717, 1.165) is 4.31 Å². The lowest BCUT2D eigenvalue weighted by Gasteiger charge is -2.10. The minimum Gasteiger partial charge on any atom is -0.313 e. The largest absolute Gasteiger partial charge is 0.325 e. The van der Waals surface area contributed by atoms with Gasteiger partial charge in [-0.25, -0.2) is 17.5 Å². The second-order valence-electron chi connectivity index (χ2n) is 3.06. The van der Waals surface area contributed by atoms with Crippen LogP contribution < -0.4 is 5.69 Å². The number of H-pyrrole nitrogens is 1. The minimum absolute atomic E-state index is 0.0717. The molecular formula is C7H13N3O3S. The minimum atomic E-state index is -3.23. The first-order valence-electron chi connectivity index (χ1n) is 4.07. The van der Waals surface area contributed by atoms with Crippen molar-refractivity contribution >= 4 is 10.0 Å². The summed E-state index contributed by atoms with van der Waals surface area (Å²) in [5.41, 5.74) is -0.293. The van der Waals surface area contributed by atoms with E-state index in [1.165, 1.54) is 31.1 Å². The molecule has 14 heavy (non-hydrogen) atoms. The first kappa shape index (κ1) is 11.0. The molecule has 0 radical (unpaired) electrons. The monoisotopic (exact) mass is 219 g/mol.